The van der Waals surface area contributed by atoms with Crippen LogP contribution in [0.15, 0.2) is 16.2 Å². The molecule has 0 amide bonds. The number of hydrogen-bond acceptors (Lipinski definition) is 4. The number of nitrogens with zero attached hydrogens (tertiary/aromatic N) is 1. The zero-order chi connectivity index (χ0) is 10.8. The van der Waals surface area contributed by atoms with Gasteiger partial charge in [-0.1, -0.05) is 0 Å². The van der Waals surface area contributed by atoms with Gasteiger partial charge in [-0.25, -0.2) is 4.98 Å². The number of aromatic nitrogens is 1. The van der Waals surface area contributed by atoms with E-state index in [9.17, 15) is 4.79 Å². The van der Waals surface area contributed by atoms with Crippen molar-refractivity contribution >= 4 is 5.78 Å². The zero-order valence-electron chi connectivity index (χ0n) is 8.96. The van der Waals surface area contributed by atoms with Gasteiger partial charge in [0.2, 0.25) is 5.89 Å². The lowest BCUT2D eigenvalue weighted by molar-refractivity contribution is -0.114. The van der Waals surface area contributed by atoms with Crippen LogP contribution >= 0.6 is 0 Å². The summed E-state index contributed by atoms with van der Waals surface area (Å²) in [5, 5.41) is 3.15. The Bertz CT molecular complexity index is 399. The Morgan fingerprint density at radius 3 is 2.80 bits per heavy atom. The first-order valence-electron chi connectivity index (χ1n) is 5.05. The number of carbonyl (C=O) groups is 1. The Balaban J connectivity index is 1.93. The molecule has 80 valence electrons. The van der Waals surface area contributed by atoms with E-state index in [0.29, 0.717) is 18.9 Å². The van der Waals surface area contributed by atoms with Gasteiger partial charge in [0.05, 0.1) is 12.2 Å². The Labute approximate surface area is 88.4 Å². The number of nitrogens with one attached hydrogen (secondary N) is 1. The Hall–Kier alpha value is -1.58. The van der Waals surface area contributed by atoms with Crippen LogP contribution in [-0.4, -0.2) is 10.8 Å². The normalized spacial score (nSPS) is 15.6. The molecule has 1 aliphatic rings. The highest BCUT2D eigenvalue weighted by Crippen LogP contribution is 2.13. The van der Waals surface area contributed by atoms with Gasteiger partial charge in [-0.3, -0.25) is 4.79 Å². The third-order valence-electron chi connectivity index (χ3n) is 2.52. The summed E-state index contributed by atoms with van der Waals surface area (Å²) >= 11 is 0. The lowest BCUT2D eigenvalue weighted by Crippen LogP contribution is -2.11. The van der Waals surface area contributed by atoms with E-state index < -0.39 is 0 Å². The lowest BCUT2D eigenvalue weighted by Gasteiger charge is -2.02. The molecule has 1 aromatic rings. The van der Waals surface area contributed by atoms with E-state index >= 15 is 0 Å². The van der Waals surface area contributed by atoms with Gasteiger partial charge in [-0.15, -0.1) is 0 Å². The smallest absolute Gasteiger partial charge is 0.213 e. The van der Waals surface area contributed by atoms with E-state index in [1.807, 2.05) is 13.8 Å². The maximum atomic E-state index is 11.0. The van der Waals surface area contributed by atoms with Crippen LogP contribution in [0.1, 0.15) is 30.2 Å². The number of aryl methyl sites for hydroxylation is 2. The average molecular weight is 206 g/mol. The first kappa shape index (κ1) is 9.96. The van der Waals surface area contributed by atoms with Gasteiger partial charge in [0.25, 0.3) is 0 Å². The number of oxazole rings is 1. The minimum absolute atomic E-state index is 0.192. The Morgan fingerprint density at radius 1 is 1.47 bits per heavy atom. The largest absolute Gasteiger partial charge is 0.444 e. The predicted octanol–water partition coefficient (Wildman–Crippen LogP) is 1.63. The zero-order valence-corrected chi connectivity index (χ0v) is 8.96. The topological polar surface area (TPSA) is 55.1 Å². The molecule has 1 aliphatic carbocycles. The van der Waals surface area contributed by atoms with Crippen molar-refractivity contribution in [1.82, 2.24) is 10.3 Å². The van der Waals surface area contributed by atoms with Crippen LogP contribution in [0.5, 0.6) is 0 Å². The fourth-order valence-corrected chi connectivity index (χ4v) is 1.54. The molecule has 4 nitrogen and oxygen atoms in total. The molecule has 2 rings (SSSR count). The van der Waals surface area contributed by atoms with Crippen molar-refractivity contribution in [3.8, 4) is 0 Å². The number of ketones is 1. The van der Waals surface area contributed by atoms with Crippen molar-refractivity contribution in [3.63, 3.8) is 0 Å². The maximum absolute atomic E-state index is 11.0. The predicted molar refractivity (Wildman–Crippen MR) is 55.1 cm³/mol. The molecule has 0 aromatic carbocycles. The second kappa shape index (κ2) is 3.88. The molecule has 1 N–H and O–H groups in total. The van der Waals surface area contributed by atoms with Crippen LogP contribution in [0, 0.1) is 13.8 Å². The molecular formula is C11H14N2O2. The van der Waals surface area contributed by atoms with Crippen molar-refractivity contribution in [1.29, 1.82) is 0 Å². The Kier molecular flexibility index (Phi) is 2.58. The van der Waals surface area contributed by atoms with Crippen LogP contribution in [-0.2, 0) is 11.3 Å². The molecule has 0 saturated carbocycles. The van der Waals surface area contributed by atoms with E-state index in [1.54, 1.807) is 6.08 Å². The third-order valence-corrected chi connectivity index (χ3v) is 2.52. The molecule has 0 aliphatic heterocycles. The van der Waals surface area contributed by atoms with Crippen molar-refractivity contribution in [2.45, 2.75) is 33.2 Å². The second-order valence-corrected chi connectivity index (χ2v) is 3.74. The summed E-state index contributed by atoms with van der Waals surface area (Å²) < 4.78 is 5.42. The fraction of sp³-hybridized carbons (Fsp3) is 0.455. The Morgan fingerprint density at radius 2 is 2.27 bits per heavy atom. The van der Waals surface area contributed by atoms with Crippen molar-refractivity contribution in [3.05, 3.63) is 29.1 Å². The third kappa shape index (κ3) is 2.26. The van der Waals surface area contributed by atoms with E-state index in [-0.39, 0.29) is 5.78 Å². The van der Waals surface area contributed by atoms with Gasteiger partial charge < -0.3 is 9.73 Å². The fourth-order valence-electron chi connectivity index (χ4n) is 1.54. The molecule has 0 radical (unpaired) electrons. The van der Waals surface area contributed by atoms with Crippen LogP contribution in [0.2, 0.25) is 0 Å². The SMILES string of the molecule is Cc1nc(CNC2=CC(=O)CC2)oc1C. The number of allylic oxidation sites excluding steroid dienone is 2. The average Bonchev–Trinajstić information content (AvgIpc) is 2.72. The number of rotatable bonds is 3. The van der Waals surface area contributed by atoms with E-state index in [0.717, 1.165) is 23.6 Å². The van der Waals surface area contributed by atoms with Crippen LogP contribution in [0.4, 0.5) is 0 Å². The van der Waals surface area contributed by atoms with Crippen LogP contribution in [0.25, 0.3) is 0 Å². The van der Waals surface area contributed by atoms with Gasteiger partial charge in [-0.2, -0.15) is 0 Å². The molecule has 0 atom stereocenters. The van der Waals surface area contributed by atoms with Gasteiger partial charge >= 0.3 is 0 Å². The van der Waals surface area contributed by atoms with Crippen molar-refractivity contribution in [2.75, 3.05) is 0 Å². The maximum Gasteiger partial charge on any atom is 0.213 e. The number of hydrogen-bond donors (Lipinski definition) is 1. The summed E-state index contributed by atoms with van der Waals surface area (Å²) in [5.41, 5.74) is 1.90. The minimum atomic E-state index is 0.192. The standard InChI is InChI=1S/C11H14N2O2/c1-7-8(2)15-11(13-7)6-12-9-3-4-10(14)5-9/h5,12H,3-4,6H2,1-2H3. The van der Waals surface area contributed by atoms with Gasteiger partial charge in [0.15, 0.2) is 5.78 Å². The lowest BCUT2D eigenvalue weighted by atomic mass is 10.3. The second-order valence-electron chi connectivity index (χ2n) is 3.74. The van der Waals surface area contributed by atoms with Gasteiger partial charge in [0.1, 0.15) is 5.76 Å². The molecule has 15 heavy (non-hydrogen) atoms. The summed E-state index contributed by atoms with van der Waals surface area (Å²) in [5.74, 6) is 1.71. The molecule has 1 heterocycles. The molecule has 4 heteroatoms. The summed E-state index contributed by atoms with van der Waals surface area (Å²) in [6, 6.07) is 0. The summed E-state index contributed by atoms with van der Waals surface area (Å²) in [4.78, 5) is 15.2. The molecular weight excluding hydrogens is 192 g/mol. The van der Waals surface area contributed by atoms with Crippen LogP contribution < -0.4 is 5.32 Å². The first-order chi connectivity index (χ1) is 7.15. The summed E-state index contributed by atoms with van der Waals surface area (Å²) in [6.45, 7) is 4.36. The molecule has 0 bridgehead atoms. The van der Waals surface area contributed by atoms with Gasteiger partial charge in [0, 0.05) is 18.2 Å². The minimum Gasteiger partial charge on any atom is -0.444 e. The van der Waals surface area contributed by atoms with E-state index in [2.05, 4.69) is 10.3 Å². The van der Waals surface area contributed by atoms with Crippen LogP contribution in [0.3, 0.4) is 0 Å². The van der Waals surface area contributed by atoms with Gasteiger partial charge in [-0.05, 0) is 20.3 Å². The van der Waals surface area contributed by atoms with E-state index in [4.69, 9.17) is 4.42 Å². The van der Waals surface area contributed by atoms with Crippen molar-refractivity contribution < 1.29 is 9.21 Å². The molecule has 0 unspecified atom stereocenters. The summed E-state index contributed by atoms with van der Waals surface area (Å²) in [7, 11) is 0. The molecule has 1 aromatic heterocycles. The molecule has 0 saturated heterocycles. The highest BCUT2D eigenvalue weighted by Gasteiger charge is 2.12. The number of carbonyl (C=O) groups excluding carboxylic acids is 1. The summed E-state index contributed by atoms with van der Waals surface area (Å²) in [6.07, 6.45) is 3.08. The quantitative estimate of drug-likeness (QED) is 0.816. The highest BCUT2D eigenvalue weighted by atomic mass is 16.4. The molecule has 0 fully saturated rings. The van der Waals surface area contributed by atoms with Crippen molar-refractivity contribution in [2.24, 2.45) is 0 Å². The first-order valence-corrected chi connectivity index (χ1v) is 5.05. The molecule has 0 spiro atoms. The van der Waals surface area contributed by atoms with E-state index in [1.165, 1.54) is 0 Å². The highest BCUT2D eigenvalue weighted by molar-refractivity contribution is 5.92. The monoisotopic (exact) mass is 206 g/mol.